The lowest BCUT2D eigenvalue weighted by molar-refractivity contribution is -0.0200. The zero-order chi connectivity index (χ0) is 10.4. The highest BCUT2D eigenvalue weighted by Crippen LogP contribution is 2.57. The highest BCUT2D eigenvalue weighted by atomic mass is 19.3. The number of hydrogen-bond donors (Lipinski definition) is 0. The fourth-order valence-corrected chi connectivity index (χ4v) is 1.88. The second kappa shape index (κ2) is 2.75. The molecule has 0 N–H and O–H groups in total. The molecule has 1 aromatic rings. The lowest BCUT2D eigenvalue weighted by Crippen LogP contribution is -2.29. The molecule has 0 unspecified atom stereocenters. The van der Waals surface area contributed by atoms with E-state index in [-0.39, 0.29) is 5.82 Å². The van der Waals surface area contributed by atoms with Crippen molar-refractivity contribution in [3.63, 3.8) is 0 Å². The van der Waals surface area contributed by atoms with Crippen LogP contribution in [0, 0.1) is 5.82 Å². The van der Waals surface area contributed by atoms with Gasteiger partial charge in [0.2, 0.25) is 0 Å². The minimum atomic E-state index is -2.72. The van der Waals surface area contributed by atoms with E-state index in [1.165, 1.54) is 24.3 Å². The minimum Gasteiger partial charge on any atom is -0.207 e. The van der Waals surface area contributed by atoms with Crippen LogP contribution in [0.3, 0.4) is 0 Å². The Labute approximate surface area is 80.7 Å². The average molecular weight is 200 g/mol. The van der Waals surface area contributed by atoms with Crippen LogP contribution in [0.25, 0.3) is 0 Å². The molecule has 2 rings (SSSR count). The van der Waals surface area contributed by atoms with Crippen LogP contribution in [0.1, 0.15) is 25.3 Å². The Morgan fingerprint density at radius 2 is 1.64 bits per heavy atom. The van der Waals surface area contributed by atoms with Gasteiger partial charge < -0.3 is 0 Å². The Bertz CT molecular complexity index is 331. The Balaban J connectivity index is 2.36. The molecule has 0 bridgehead atoms. The summed E-state index contributed by atoms with van der Waals surface area (Å²) in [5.74, 6) is -3.10. The molecule has 0 amide bonds. The van der Waals surface area contributed by atoms with Crippen molar-refractivity contribution in [2.75, 3.05) is 0 Å². The second-order valence-corrected chi connectivity index (χ2v) is 3.98. The molecule has 76 valence electrons. The van der Waals surface area contributed by atoms with Crippen molar-refractivity contribution < 1.29 is 13.2 Å². The highest BCUT2D eigenvalue weighted by molar-refractivity contribution is 5.34. The summed E-state index contributed by atoms with van der Waals surface area (Å²) in [6, 6.07) is 5.39. The zero-order valence-corrected chi connectivity index (χ0v) is 7.86. The van der Waals surface area contributed by atoms with Crippen LogP contribution in [0.5, 0.6) is 0 Å². The first-order valence-electron chi connectivity index (χ1n) is 4.60. The van der Waals surface area contributed by atoms with Crippen molar-refractivity contribution in [1.82, 2.24) is 0 Å². The molecule has 1 aliphatic carbocycles. The third kappa shape index (κ3) is 1.31. The van der Waals surface area contributed by atoms with Gasteiger partial charge in [0.25, 0.3) is 5.92 Å². The van der Waals surface area contributed by atoms with Gasteiger partial charge in [0.1, 0.15) is 5.82 Å². The normalized spacial score (nSPS) is 19.4. The molecule has 3 heteroatoms. The maximum Gasteiger partial charge on any atom is 0.254 e. The van der Waals surface area contributed by atoms with E-state index in [0.717, 1.165) is 6.92 Å². The molecule has 0 saturated heterocycles. The molecule has 0 nitrogen and oxygen atoms in total. The SMILES string of the molecule is CC(F)(F)C1(c2ccc(F)cc2)CC1. The van der Waals surface area contributed by atoms with Crippen LogP contribution in [0.15, 0.2) is 24.3 Å². The highest BCUT2D eigenvalue weighted by Gasteiger charge is 2.59. The van der Waals surface area contributed by atoms with Crippen LogP contribution in [-0.4, -0.2) is 5.92 Å². The van der Waals surface area contributed by atoms with E-state index in [0.29, 0.717) is 18.4 Å². The third-order valence-corrected chi connectivity index (χ3v) is 2.99. The number of rotatable bonds is 2. The Morgan fingerprint density at radius 1 is 1.14 bits per heavy atom. The van der Waals surface area contributed by atoms with Crippen LogP contribution in [-0.2, 0) is 5.41 Å². The first-order valence-corrected chi connectivity index (χ1v) is 4.60. The molecule has 14 heavy (non-hydrogen) atoms. The van der Waals surface area contributed by atoms with E-state index in [9.17, 15) is 13.2 Å². The van der Waals surface area contributed by atoms with Crippen LogP contribution >= 0.6 is 0 Å². The van der Waals surface area contributed by atoms with Gasteiger partial charge in [-0.15, -0.1) is 0 Å². The molecular formula is C11H11F3. The monoisotopic (exact) mass is 200 g/mol. The van der Waals surface area contributed by atoms with Gasteiger partial charge in [-0.05, 0) is 30.5 Å². The summed E-state index contributed by atoms with van der Waals surface area (Å²) < 4.78 is 39.1. The molecule has 1 aromatic carbocycles. The quantitative estimate of drug-likeness (QED) is 0.685. The third-order valence-electron chi connectivity index (χ3n) is 2.99. The number of hydrogen-bond acceptors (Lipinski definition) is 0. The van der Waals surface area contributed by atoms with Gasteiger partial charge in [0.05, 0.1) is 5.41 Å². The Hall–Kier alpha value is -0.990. The molecule has 0 aliphatic heterocycles. The molecule has 1 aliphatic rings. The summed E-state index contributed by atoms with van der Waals surface area (Å²) in [7, 11) is 0. The van der Waals surface area contributed by atoms with Crippen LogP contribution in [0.4, 0.5) is 13.2 Å². The fourth-order valence-electron chi connectivity index (χ4n) is 1.88. The Morgan fingerprint density at radius 3 is 2.00 bits per heavy atom. The first kappa shape index (κ1) is 9.56. The molecule has 0 radical (unpaired) electrons. The van der Waals surface area contributed by atoms with Gasteiger partial charge in [-0.25, -0.2) is 13.2 Å². The molecule has 0 atom stereocenters. The maximum absolute atomic E-state index is 13.3. The summed E-state index contributed by atoms with van der Waals surface area (Å²) in [5.41, 5.74) is -0.479. The van der Waals surface area contributed by atoms with Gasteiger partial charge in [-0.2, -0.15) is 0 Å². The summed E-state index contributed by atoms with van der Waals surface area (Å²) in [6.07, 6.45) is 0.976. The van der Waals surface area contributed by atoms with Crippen molar-refractivity contribution in [1.29, 1.82) is 0 Å². The molecule has 0 aromatic heterocycles. The van der Waals surface area contributed by atoms with Crippen molar-refractivity contribution in [2.24, 2.45) is 0 Å². The molecule has 0 heterocycles. The Kier molecular flexibility index (Phi) is 1.88. The maximum atomic E-state index is 13.3. The standard InChI is InChI=1S/C11H11F3/c1-10(13,14)11(6-7-11)8-2-4-9(12)5-3-8/h2-5H,6-7H2,1H3. The molecule has 0 spiro atoms. The minimum absolute atomic E-state index is 0.385. The summed E-state index contributed by atoms with van der Waals surface area (Å²) in [6.45, 7) is 0.934. The number of alkyl halides is 2. The van der Waals surface area contributed by atoms with E-state index in [4.69, 9.17) is 0 Å². The van der Waals surface area contributed by atoms with Gasteiger partial charge in [-0.3, -0.25) is 0 Å². The largest absolute Gasteiger partial charge is 0.254 e. The molecular weight excluding hydrogens is 189 g/mol. The van der Waals surface area contributed by atoms with Crippen molar-refractivity contribution >= 4 is 0 Å². The summed E-state index contributed by atoms with van der Waals surface area (Å²) in [4.78, 5) is 0. The lowest BCUT2D eigenvalue weighted by atomic mass is 9.90. The van der Waals surface area contributed by atoms with Crippen molar-refractivity contribution in [2.45, 2.75) is 31.1 Å². The van der Waals surface area contributed by atoms with Crippen molar-refractivity contribution in [3.05, 3.63) is 35.6 Å². The average Bonchev–Trinajstić information content (AvgIpc) is 2.84. The predicted molar refractivity (Wildman–Crippen MR) is 47.9 cm³/mol. The fraction of sp³-hybridized carbons (Fsp3) is 0.455. The van der Waals surface area contributed by atoms with Gasteiger partial charge in [-0.1, -0.05) is 12.1 Å². The molecule has 1 saturated carbocycles. The van der Waals surface area contributed by atoms with E-state index in [1.54, 1.807) is 0 Å². The molecule has 1 fully saturated rings. The van der Waals surface area contributed by atoms with Crippen LogP contribution < -0.4 is 0 Å². The van der Waals surface area contributed by atoms with E-state index < -0.39 is 11.3 Å². The van der Waals surface area contributed by atoms with Crippen molar-refractivity contribution in [3.8, 4) is 0 Å². The lowest BCUT2D eigenvalue weighted by Gasteiger charge is -2.23. The van der Waals surface area contributed by atoms with E-state index >= 15 is 0 Å². The summed E-state index contributed by atoms with van der Waals surface area (Å²) >= 11 is 0. The van der Waals surface area contributed by atoms with E-state index in [1.807, 2.05) is 0 Å². The van der Waals surface area contributed by atoms with Crippen LogP contribution in [0.2, 0.25) is 0 Å². The first-order chi connectivity index (χ1) is 6.46. The zero-order valence-electron chi connectivity index (χ0n) is 7.86. The van der Waals surface area contributed by atoms with Gasteiger partial charge >= 0.3 is 0 Å². The second-order valence-electron chi connectivity index (χ2n) is 3.98. The van der Waals surface area contributed by atoms with Gasteiger partial charge in [0.15, 0.2) is 0 Å². The topological polar surface area (TPSA) is 0 Å². The number of halogens is 3. The smallest absolute Gasteiger partial charge is 0.207 e. The summed E-state index contributed by atoms with van der Waals surface area (Å²) in [5, 5.41) is 0. The van der Waals surface area contributed by atoms with Gasteiger partial charge in [0, 0.05) is 6.92 Å². The predicted octanol–water partition coefficient (Wildman–Crippen LogP) is 3.51. The number of benzene rings is 1. The van der Waals surface area contributed by atoms with E-state index in [2.05, 4.69) is 0 Å².